The highest BCUT2D eigenvalue weighted by molar-refractivity contribution is 6.33. The summed E-state index contributed by atoms with van der Waals surface area (Å²) in [7, 11) is 1.98. The Labute approximate surface area is 248 Å². The number of piperidine rings is 1. The number of benzene rings is 1. The Morgan fingerprint density at radius 1 is 1.17 bits per heavy atom. The van der Waals surface area contributed by atoms with E-state index in [1.165, 1.54) is 0 Å². The van der Waals surface area contributed by atoms with Gasteiger partial charge in [0.1, 0.15) is 0 Å². The summed E-state index contributed by atoms with van der Waals surface area (Å²) in [5.41, 5.74) is 2.11. The van der Waals surface area contributed by atoms with Crippen LogP contribution in [-0.4, -0.2) is 65.3 Å². The molecule has 2 heterocycles. The third kappa shape index (κ3) is 7.59. The maximum atomic E-state index is 13.7. The lowest BCUT2D eigenvalue weighted by Gasteiger charge is -2.44. The number of aryl methyl sites for hydroxylation is 1. The molecule has 2 atom stereocenters. The van der Waals surface area contributed by atoms with E-state index in [1.807, 2.05) is 24.1 Å². The second-order valence-corrected chi connectivity index (χ2v) is 12.2. The molecule has 0 spiro atoms. The topological polar surface area (TPSA) is 115 Å². The van der Waals surface area contributed by atoms with Crippen molar-refractivity contribution in [1.82, 2.24) is 20.5 Å². The number of nitrogens with one attached hydrogen (secondary N) is 2. The summed E-state index contributed by atoms with van der Waals surface area (Å²) in [5.74, 6) is 0.629. The predicted molar refractivity (Wildman–Crippen MR) is 162 cm³/mol. The van der Waals surface area contributed by atoms with Crippen LogP contribution in [-0.2, 0) is 16.8 Å². The van der Waals surface area contributed by atoms with Crippen LogP contribution < -0.4 is 10.6 Å². The Kier molecular flexibility index (Phi) is 11.0. The van der Waals surface area contributed by atoms with Gasteiger partial charge in [-0.3, -0.25) is 9.78 Å². The summed E-state index contributed by atoms with van der Waals surface area (Å²) in [6.07, 6.45) is 9.33. The first-order valence-corrected chi connectivity index (χ1v) is 15.5. The van der Waals surface area contributed by atoms with Crippen LogP contribution in [0.4, 0.5) is 4.79 Å². The monoisotopic (exact) mass is 584 g/mol. The highest BCUT2D eigenvalue weighted by Gasteiger charge is 2.44. The lowest BCUT2D eigenvalue weighted by molar-refractivity contribution is -0.142. The molecular formula is C32H45ClN4O4. The van der Waals surface area contributed by atoms with Crippen LogP contribution in [0.2, 0.25) is 5.02 Å². The van der Waals surface area contributed by atoms with E-state index >= 15 is 0 Å². The van der Waals surface area contributed by atoms with Gasteiger partial charge in [-0.25, -0.2) is 4.79 Å². The number of hydrogen-bond donors (Lipinski definition) is 4. The first kappa shape index (κ1) is 31.3. The van der Waals surface area contributed by atoms with Gasteiger partial charge in [0.2, 0.25) is 5.91 Å². The standard InChI is InChI=1S/C32H45ClN4O4/c1-3-22-7-4-8-25(17-22)29-27(19-35-20-28(29)33)32(41,14-6-15-36-31(39)40)26-9-5-16-37(21-26)30(38)24-12-10-23(11-13-24)18-34-2/h4,7-8,17,19-20,23-24,26,34,36,41H,3,5-6,9-16,18,21H2,1-2H3,(H,39,40). The van der Waals surface area contributed by atoms with Gasteiger partial charge in [-0.2, -0.15) is 0 Å². The smallest absolute Gasteiger partial charge is 0.404 e. The molecule has 1 saturated carbocycles. The molecule has 2 fully saturated rings. The number of halogens is 1. The number of carbonyl (C=O) groups is 2. The molecule has 0 radical (unpaired) electrons. The second kappa shape index (κ2) is 14.5. The first-order chi connectivity index (χ1) is 19.8. The molecular weight excluding hydrogens is 540 g/mol. The summed E-state index contributed by atoms with van der Waals surface area (Å²) < 4.78 is 0. The maximum Gasteiger partial charge on any atom is 0.404 e. The summed E-state index contributed by atoms with van der Waals surface area (Å²) in [4.78, 5) is 31.2. The lowest BCUT2D eigenvalue weighted by Crippen LogP contribution is -2.50. The molecule has 1 aromatic heterocycles. The molecule has 4 rings (SSSR count). The molecule has 2 aromatic rings. The van der Waals surface area contributed by atoms with Crippen LogP contribution in [0.1, 0.15) is 69.4 Å². The molecule has 1 saturated heterocycles. The molecule has 1 aliphatic heterocycles. The van der Waals surface area contributed by atoms with Crippen molar-refractivity contribution < 1.29 is 19.8 Å². The molecule has 9 heteroatoms. The normalized spacial score (nSPS) is 22.6. The minimum Gasteiger partial charge on any atom is -0.465 e. The van der Waals surface area contributed by atoms with Crippen LogP contribution in [0.15, 0.2) is 36.7 Å². The number of hydrogen-bond acceptors (Lipinski definition) is 5. The van der Waals surface area contributed by atoms with E-state index in [1.54, 1.807) is 12.4 Å². The number of aromatic nitrogens is 1. The van der Waals surface area contributed by atoms with E-state index in [9.17, 15) is 14.7 Å². The Hall–Kier alpha value is -2.68. The number of rotatable bonds is 11. The Morgan fingerprint density at radius 3 is 2.66 bits per heavy atom. The fourth-order valence-electron chi connectivity index (χ4n) is 6.84. The van der Waals surface area contributed by atoms with E-state index in [-0.39, 0.29) is 24.3 Å². The number of carbonyl (C=O) groups excluding carboxylic acids is 1. The van der Waals surface area contributed by atoms with Crippen molar-refractivity contribution in [3.63, 3.8) is 0 Å². The van der Waals surface area contributed by atoms with Gasteiger partial charge in [0.25, 0.3) is 0 Å². The van der Waals surface area contributed by atoms with E-state index < -0.39 is 11.7 Å². The van der Waals surface area contributed by atoms with Crippen molar-refractivity contribution in [1.29, 1.82) is 0 Å². The molecule has 41 heavy (non-hydrogen) atoms. The van der Waals surface area contributed by atoms with E-state index in [0.717, 1.165) is 68.2 Å². The Morgan fingerprint density at radius 2 is 1.95 bits per heavy atom. The zero-order valence-electron chi connectivity index (χ0n) is 24.4. The molecule has 2 aliphatic rings. The quantitative estimate of drug-likeness (QED) is 0.261. The van der Waals surface area contributed by atoms with Crippen molar-refractivity contribution in [2.24, 2.45) is 17.8 Å². The molecule has 224 valence electrons. The van der Waals surface area contributed by atoms with Gasteiger partial charge >= 0.3 is 6.09 Å². The summed E-state index contributed by atoms with van der Waals surface area (Å²) in [6.45, 7) is 4.46. The van der Waals surface area contributed by atoms with Gasteiger partial charge < -0.3 is 25.7 Å². The number of pyridine rings is 1. The number of likely N-dealkylation sites (tertiary alicyclic amines) is 1. The van der Waals surface area contributed by atoms with Gasteiger partial charge in [0.15, 0.2) is 0 Å². The molecule has 2 unspecified atom stereocenters. The summed E-state index contributed by atoms with van der Waals surface area (Å²) >= 11 is 6.79. The minimum atomic E-state index is -1.35. The fourth-order valence-corrected chi connectivity index (χ4v) is 7.11. The van der Waals surface area contributed by atoms with Crippen molar-refractivity contribution >= 4 is 23.6 Å². The van der Waals surface area contributed by atoms with Crippen molar-refractivity contribution in [2.75, 3.05) is 33.2 Å². The average Bonchev–Trinajstić information content (AvgIpc) is 2.99. The number of nitrogens with zero attached hydrogens (tertiary/aromatic N) is 2. The third-order valence-electron chi connectivity index (χ3n) is 9.10. The fraction of sp³-hybridized carbons (Fsp3) is 0.594. The number of carboxylic acid groups (broad SMARTS) is 1. The largest absolute Gasteiger partial charge is 0.465 e. The highest BCUT2D eigenvalue weighted by Crippen LogP contribution is 2.45. The summed E-state index contributed by atoms with van der Waals surface area (Å²) in [6, 6.07) is 8.16. The van der Waals surface area contributed by atoms with Crippen molar-refractivity contribution in [2.45, 2.75) is 70.3 Å². The first-order valence-electron chi connectivity index (χ1n) is 15.1. The number of aliphatic hydroxyl groups is 1. The van der Waals surface area contributed by atoms with E-state index in [0.29, 0.717) is 42.4 Å². The summed E-state index contributed by atoms with van der Waals surface area (Å²) in [5, 5.41) is 27.9. The molecule has 8 nitrogen and oxygen atoms in total. The lowest BCUT2D eigenvalue weighted by atomic mass is 9.72. The van der Waals surface area contributed by atoms with Gasteiger partial charge in [0.05, 0.1) is 10.6 Å². The van der Waals surface area contributed by atoms with Crippen LogP contribution >= 0.6 is 11.6 Å². The van der Waals surface area contributed by atoms with Gasteiger partial charge in [0, 0.05) is 55.0 Å². The van der Waals surface area contributed by atoms with Gasteiger partial charge in [-0.05, 0) is 88.4 Å². The van der Waals surface area contributed by atoms with Gasteiger partial charge in [-0.1, -0.05) is 42.8 Å². The SMILES string of the molecule is CCc1cccc(-c2c(Cl)cncc2C(O)(CCCNC(=O)O)C2CCCN(C(=O)C3CCC(CNC)CC3)C2)c1. The zero-order chi connectivity index (χ0) is 29.4. The maximum absolute atomic E-state index is 13.7. The Bertz CT molecular complexity index is 1190. The molecule has 1 aliphatic carbocycles. The van der Waals surface area contributed by atoms with Crippen LogP contribution in [0.25, 0.3) is 11.1 Å². The van der Waals surface area contributed by atoms with Crippen LogP contribution in [0, 0.1) is 17.8 Å². The minimum absolute atomic E-state index is 0.0369. The van der Waals surface area contributed by atoms with E-state index in [4.69, 9.17) is 16.7 Å². The predicted octanol–water partition coefficient (Wildman–Crippen LogP) is 5.46. The van der Waals surface area contributed by atoms with E-state index in [2.05, 4.69) is 34.7 Å². The zero-order valence-corrected chi connectivity index (χ0v) is 25.1. The highest BCUT2D eigenvalue weighted by atomic mass is 35.5. The number of amides is 2. The molecule has 0 bridgehead atoms. The van der Waals surface area contributed by atoms with Gasteiger partial charge in [-0.15, -0.1) is 0 Å². The van der Waals surface area contributed by atoms with Crippen LogP contribution in [0.3, 0.4) is 0 Å². The average molecular weight is 585 g/mol. The molecule has 4 N–H and O–H groups in total. The second-order valence-electron chi connectivity index (χ2n) is 11.8. The molecule has 2 amide bonds. The Balaban J connectivity index is 1.63. The molecule has 1 aromatic carbocycles. The van der Waals surface area contributed by atoms with Crippen molar-refractivity contribution in [3.8, 4) is 11.1 Å². The third-order valence-corrected chi connectivity index (χ3v) is 9.38. The van der Waals surface area contributed by atoms with Crippen molar-refractivity contribution in [3.05, 3.63) is 52.8 Å². The van der Waals surface area contributed by atoms with Crippen LogP contribution in [0.5, 0.6) is 0 Å².